The first-order valence-corrected chi connectivity index (χ1v) is 23.9. The molecule has 20 heteroatoms. The van der Waals surface area contributed by atoms with Crippen LogP contribution in [0, 0.1) is 0 Å². The molecule has 4 fully saturated rings. The Kier molecular flexibility index (Phi) is 13.3. The number of aromatic nitrogens is 6. The quantitative estimate of drug-likeness (QED) is 0.157. The molecule has 4 aliphatic rings. The Morgan fingerprint density at radius 3 is 0.661 bits per heavy atom. The van der Waals surface area contributed by atoms with Gasteiger partial charge in [0.05, 0.1) is 0 Å². The van der Waals surface area contributed by atoms with E-state index in [1.165, 1.54) is 41.8 Å². The molecule has 0 atom stereocenters. The largest absolute Gasteiger partial charge is 0.460 e. The lowest BCUT2D eigenvalue weighted by molar-refractivity contribution is -0.255. The lowest BCUT2D eigenvalue weighted by Crippen LogP contribution is -2.61. The van der Waals surface area contributed by atoms with Gasteiger partial charge in [-0.3, -0.25) is 0 Å². The summed E-state index contributed by atoms with van der Waals surface area (Å²) in [6, 6.07) is 0.347. The normalized spacial score (nSPS) is 26.8. The third-order valence-electron chi connectivity index (χ3n) is 12.8. The first-order valence-electron chi connectivity index (χ1n) is 21.7. The molecule has 0 unspecified atom stereocenters. The molecule has 0 saturated carbocycles. The SMILES string of the molecule is CC1(C)CC(Oc2nc(OC3CC(C)(C)N(O)C(C)(C)C3)nc(SSc3nc(OC4CC(C)(C)N(O)C(C)(C)C4)nc(OC4CC(C)(C)N(O)C(C)(C)C4)n3)n2)CC(C)(C)N1O. The van der Waals surface area contributed by atoms with Crippen LogP contribution in [0.25, 0.3) is 0 Å². The van der Waals surface area contributed by atoms with Crippen LogP contribution >= 0.6 is 21.6 Å². The van der Waals surface area contributed by atoms with Crippen molar-refractivity contribution in [2.45, 2.75) is 241 Å². The minimum absolute atomic E-state index is 0.0869. The Morgan fingerprint density at radius 1 is 0.339 bits per heavy atom. The summed E-state index contributed by atoms with van der Waals surface area (Å²) in [5, 5.41) is 50.0. The van der Waals surface area contributed by atoms with Gasteiger partial charge in [-0.1, -0.05) is 0 Å². The Labute approximate surface area is 375 Å². The second-order valence-electron chi connectivity index (χ2n) is 22.9. The molecule has 0 spiro atoms. The predicted octanol–water partition coefficient (Wildman–Crippen LogP) is 8.01. The van der Waals surface area contributed by atoms with Crippen molar-refractivity contribution in [1.29, 1.82) is 0 Å². The highest BCUT2D eigenvalue weighted by molar-refractivity contribution is 8.76. The van der Waals surface area contributed by atoms with Gasteiger partial charge in [-0.2, -0.15) is 40.2 Å². The lowest BCUT2D eigenvalue weighted by atomic mass is 9.80. The fraction of sp³-hybridized carbons (Fsp3) is 0.857. The predicted molar refractivity (Wildman–Crippen MR) is 233 cm³/mol. The van der Waals surface area contributed by atoms with Crippen molar-refractivity contribution in [3.05, 3.63) is 0 Å². The van der Waals surface area contributed by atoms with Crippen LogP contribution in [-0.2, 0) is 0 Å². The van der Waals surface area contributed by atoms with Gasteiger partial charge in [-0.05, 0) is 132 Å². The van der Waals surface area contributed by atoms with Crippen LogP contribution in [0.3, 0.4) is 0 Å². The lowest BCUT2D eigenvalue weighted by Gasteiger charge is -2.51. The Balaban J connectivity index is 1.31. The molecular weight excluding hydrogens is 837 g/mol. The topological polar surface area (TPSA) is 208 Å². The summed E-state index contributed by atoms with van der Waals surface area (Å²) in [7, 11) is 2.38. The fourth-order valence-corrected chi connectivity index (χ4v) is 12.2. The maximum Gasteiger partial charge on any atom is 0.323 e. The van der Waals surface area contributed by atoms with Gasteiger partial charge < -0.3 is 39.8 Å². The summed E-state index contributed by atoms with van der Waals surface area (Å²) in [5.41, 5.74) is -4.55. The van der Waals surface area contributed by atoms with Crippen LogP contribution < -0.4 is 18.9 Å². The van der Waals surface area contributed by atoms with Crippen molar-refractivity contribution in [2.24, 2.45) is 0 Å². The van der Waals surface area contributed by atoms with E-state index in [9.17, 15) is 20.8 Å². The average Bonchev–Trinajstić information content (AvgIpc) is 3.09. The highest BCUT2D eigenvalue weighted by Gasteiger charge is 2.50. The maximum atomic E-state index is 11.0. The van der Waals surface area contributed by atoms with E-state index < -0.39 is 44.3 Å². The van der Waals surface area contributed by atoms with Crippen LogP contribution in [0.15, 0.2) is 10.3 Å². The zero-order valence-electron chi connectivity index (χ0n) is 39.7. The summed E-state index contributed by atoms with van der Waals surface area (Å²) in [5.74, 6) is 0. The first kappa shape index (κ1) is 49.0. The number of nitrogens with zero attached hydrogens (tertiary/aromatic N) is 10. The zero-order valence-corrected chi connectivity index (χ0v) is 41.3. The monoisotopic (exact) mass is 908 g/mol. The van der Waals surface area contributed by atoms with Gasteiger partial charge in [0.1, 0.15) is 24.4 Å². The molecule has 4 saturated heterocycles. The van der Waals surface area contributed by atoms with Crippen LogP contribution in [0.5, 0.6) is 24.0 Å². The van der Waals surface area contributed by atoms with Crippen LogP contribution in [0.4, 0.5) is 0 Å². The molecule has 0 radical (unpaired) electrons. The average molecular weight is 909 g/mol. The van der Waals surface area contributed by atoms with E-state index in [0.29, 0.717) is 51.4 Å². The van der Waals surface area contributed by atoms with E-state index in [2.05, 4.69) is 9.97 Å². The van der Waals surface area contributed by atoms with E-state index in [0.717, 1.165) is 0 Å². The van der Waals surface area contributed by atoms with Gasteiger partial charge in [0, 0.05) is 95.7 Å². The highest BCUT2D eigenvalue weighted by Crippen LogP contribution is 2.44. The number of hydrogen-bond donors (Lipinski definition) is 4. The van der Waals surface area contributed by atoms with Crippen molar-refractivity contribution < 1.29 is 39.8 Å². The van der Waals surface area contributed by atoms with E-state index in [1.807, 2.05) is 111 Å². The molecule has 0 aliphatic carbocycles. The highest BCUT2D eigenvalue weighted by atomic mass is 33.1. The van der Waals surface area contributed by atoms with Crippen molar-refractivity contribution >= 4 is 21.6 Å². The fourth-order valence-electron chi connectivity index (χ4n) is 10.6. The van der Waals surface area contributed by atoms with Crippen LogP contribution in [-0.4, -0.2) is 140 Å². The van der Waals surface area contributed by atoms with Crippen molar-refractivity contribution in [3.63, 3.8) is 0 Å². The number of piperidine rings is 4. The second kappa shape index (κ2) is 16.8. The molecule has 62 heavy (non-hydrogen) atoms. The van der Waals surface area contributed by atoms with Gasteiger partial charge in [0.15, 0.2) is 0 Å². The third kappa shape index (κ3) is 10.8. The molecular formula is C42H72N10O8S2. The van der Waals surface area contributed by atoms with Gasteiger partial charge in [-0.25, -0.2) is 0 Å². The standard InChI is InChI=1S/C42H72N10O8S2/c1-35(2)17-25(18-36(3,4)49(35)53)57-29-43-30(58-26-19-37(5,6)50(54)38(7,8)20-26)46-33(45-29)61-62-34-47-31(59-27-21-39(9,10)51(55)40(11,12)22-27)44-32(48-34)60-28-23-41(13,14)52(56)42(15,16)24-28/h25-28,53-56H,17-24H2,1-16H3. The number of ether oxygens (including phenoxy) is 4. The van der Waals surface area contributed by atoms with Crippen molar-refractivity contribution in [2.75, 3.05) is 0 Å². The summed E-state index contributed by atoms with van der Waals surface area (Å²) in [4.78, 5) is 28.2. The molecule has 2 aromatic heterocycles. The van der Waals surface area contributed by atoms with Crippen LogP contribution in [0.2, 0.25) is 0 Å². The summed E-state index contributed by atoms with van der Waals surface area (Å²) >= 11 is 0. The Bertz CT molecular complexity index is 1600. The molecule has 0 bridgehead atoms. The number of rotatable bonds is 11. The molecule has 2 aromatic rings. The van der Waals surface area contributed by atoms with E-state index in [4.69, 9.17) is 38.9 Å². The summed E-state index contributed by atoms with van der Waals surface area (Å²) < 4.78 is 26.0. The third-order valence-corrected chi connectivity index (χ3v) is 14.7. The molecule has 4 aliphatic heterocycles. The number of hydrogen-bond acceptors (Lipinski definition) is 20. The van der Waals surface area contributed by atoms with Crippen LogP contribution in [0.1, 0.15) is 162 Å². The van der Waals surface area contributed by atoms with Gasteiger partial charge in [-0.15, -0.1) is 9.97 Å². The maximum absolute atomic E-state index is 11.0. The molecule has 0 amide bonds. The van der Waals surface area contributed by atoms with Crippen molar-refractivity contribution in [3.8, 4) is 24.0 Å². The minimum Gasteiger partial charge on any atom is -0.460 e. The van der Waals surface area contributed by atoms with Crippen molar-refractivity contribution in [1.82, 2.24) is 50.2 Å². The number of hydroxylamine groups is 8. The first-order chi connectivity index (χ1) is 28.2. The Morgan fingerprint density at radius 2 is 0.500 bits per heavy atom. The molecule has 0 aromatic carbocycles. The Hall–Kier alpha value is -2.40. The van der Waals surface area contributed by atoms with E-state index >= 15 is 0 Å². The van der Waals surface area contributed by atoms with E-state index in [-0.39, 0.29) is 58.8 Å². The zero-order chi connectivity index (χ0) is 46.2. The minimum atomic E-state index is -0.568. The van der Waals surface area contributed by atoms with Gasteiger partial charge >= 0.3 is 24.0 Å². The molecule has 18 nitrogen and oxygen atoms in total. The smallest absolute Gasteiger partial charge is 0.323 e. The van der Waals surface area contributed by atoms with E-state index in [1.54, 1.807) is 0 Å². The molecule has 4 N–H and O–H groups in total. The molecule has 350 valence electrons. The summed E-state index contributed by atoms with van der Waals surface area (Å²) in [6.45, 7) is 31.6. The van der Waals surface area contributed by atoms with Gasteiger partial charge in [0.2, 0.25) is 10.3 Å². The molecule has 6 heterocycles. The van der Waals surface area contributed by atoms with Gasteiger partial charge in [0.25, 0.3) is 0 Å². The second-order valence-corrected chi connectivity index (χ2v) is 24.9. The molecule has 6 rings (SSSR count). The summed E-state index contributed by atoms with van der Waals surface area (Å²) in [6.07, 6.45) is 2.93.